The standard InChI is InChI=1S/C13H28N2O/c1-4-13-11-12(7-10-16-13)14-8-5-6-9-15(2)3/h12-14H,4-11H2,1-3H3. The second-order valence-corrected chi connectivity index (χ2v) is 5.09. The summed E-state index contributed by atoms with van der Waals surface area (Å²) in [6, 6.07) is 0.693. The van der Waals surface area contributed by atoms with Gasteiger partial charge in [-0.15, -0.1) is 0 Å². The molecule has 96 valence electrons. The van der Waals surface area contributed by atoms with Crippen LogP contribution in [0, 0.1) is 0 Å². The Hall–Kier alpha value is -0.120. The predicted molar refractivity (Wildman–Crippen MR) is 68.8 cm³/mol. The van der Waals surface area contributed by atoms with Gasteiger partial charge in [0.1, 0.15) is 0 Å². The minimum atomic E-state index is 0.494. The molecule has 0 aliphatic carbocycles. The average Bonchev–Trinajstić information content (AvgIpc) is 2.28. The lowest BCUT2D eigenvalue weighted by Gasteiger charge is -2.29. The van der Waals surface area contributed by atoms with Gasteiger partial charge in [0.2, 0.25) is 0 Å². The fourth-order valence-corrected chi connectivity index (χ4v) is 2.21. The molecule has 0 aromatic heterocycles. The molecule has 0 bridgehead atoms. The van der Waals surface area contributed by atoms with Gasteiger partial charge in [-0.3, -0.25) is 0 Å². The van der Waals surface area contributed by atoms with Crippen LogP contribution in [0.25, 0.3) is 0 Å². The van der Waals surface area contributed by atoms with Crippen molar-refractivity contribution in [1.82, 2.24) is 10.2 Å². The first-order chi connectivity index (χ1) is 7.72. The first kappa shape index (κ1) is 13.9. The van der Waals surface area contributed by atoms with Gasteiger partial charge in [-0.2, -0.15) is 0 Å². The average molecular weight is 228 g/mol. The molecule has 0 spiro atoms. The maximum absolute atomic E-state index is 5.67. The lowest BCUT2D eigenvalue weighted by atomic mass is 10.0. The molecule has 1 saturated heterocycles. The zero-order chi connectivity index (χ0) is 11.8. The van der Waals surface area contributed by atoms with Crippen molar-refractivity contribution in [2.24, 2.45) is 0 Å². The van der Waals surface area contributed by atoms with Crippen LogP contribution in [0.15, 0.2) is 0 Å². The highest BCUT2D eigenvalue weighted by Gasteiger charge is 2.20. The SMILES string of the molecule is CCC1CC(NCCCCN(C)C)CCO1. The summed E-state index contributed by atoms with van der Waals surface area (Å²) in [5, 5.41) is 3.66. The Labute approximate surface area is 101 Å². The number of hydrogen-bond donors (Lipinski definition) is 1. The van der Waals surface area contributed by atoms with Crippen molar-refractivity contribution in [1.29, 1.82) is 0 Å². The van der Waals surface area contributed by atoms with E-state index in [-0.39, 0.29) is 0 Å². The maximum Gasteiger partial charge on any atom is 0.0587 e. The number of hydrogen-bond acceptors (Lipinski definition) is 3. The molecule has 0 amide bonds. The van der Waals surface area contributed by atoms with Gasteiger partial charge in [0.05, 0.1) is 6.10 Å². The molecule has 0 aromatic carbocycles. The molecule has 1 rings (SSSR count). The van der Waals surface area contributed by atoms with Gasteiger partial charge in [0.25, 0.3) is 0 Å². The maximum atomic E-state index is 5.67. The van der Waals surface area contributed by atoms with E-state index < -0.39 is 0 Å². The van der Waals surface area contributed by atoms with Crippen molar-refractivity contribution in [3.8, 4) is 0 Å². The topological polar surface area (TPSA) is 24.5 Å². The van der Waals surface area contributed by atoms with E-state index in [9.17, 15) is 0 Å². The first-order valence-electron chi connectivity index (χ1n) is 6.72. The van der Waals surface area contributed by atoms with E-state index in [1.165, 1.54) is 32.2 Å². The summed E-state index contributed by atoms with van der Waals surface area (Å²) in [7, 11) is 4.27. The highest BCUT2D eigenvalue weighted by atomic mass is 16.5. The summed E-state index contributed by atoms with van der Waals surface area (Å²) < 4.78 is 5.67. The molecule has 0 saturated carbocycles. The van der Waals surface area contributed by atoms with Gasteiger partial charge in [-0.1, -0.05) is 6.92 Å². The molecule has 2 unspecified atom stereocenters. The summed E-state index contributed by atoms with van der Waals surface area (Å²) in [6.07, 6.45) is 6.60. The Balaban J connectivity index is 1.99. The highest BCUT2D eigenvalue weighted by molar-refractivity contribution is 4.75. The number of unbranched alkanes of at least 4 members (excludes halogenated alkanes) is 1. The lowest BCUT2D eigenvalue weighted by molar-refractivity contribution is -0.00000874. The molecule has 0 radical (unpaired) electrons. The van der Waals surface area contributed by atoms with Crippen LogP contribution in [-0.4, -0.2) is 50.8 Å². The zero-order valence-electron chi connectivity index (χ0n) is 11.2. The fourth-order valence-electron chi connectivity index (χ4n) is 2.21. The molecule has 1 fully saturated rings. The molecule has 1 N–H and O–H groups in total. The molecule has 1 aliphatic heterocycles. The van der Waals surface area contributed by atoms with Crippen molar-refractivity contribution in [2.45, 2.75) is 51.2 Å². The fraction of sp³-hybridized carbons (Fsp3) is 1.00. The molecule has 1 aliphatic rings. The Morgan fingerprint density at radius 2 is 2.12 bits per heavy atom. The van der Waals surface area contributed by atoms with Crippen LogP contribution in [0.3, 0.4) is 0 Å². The van der Waals surface area contributed by atoms with Crippen molar-refractivity contribution >= 4 is 0 Å². The predicted octanol–water partition coefficient (Wildman–Crippen LogP) is 1.88. The van der Waals surface area contributed by atoms with Crippen LogP contribution in [0.1, 0.15) is 39.0 Å². The smallest absolute Gasteiger partial charge is 0.0587 e. The van der Waals surface area contributed by atoms with Gasteiger partial charge in [0, 0.05) is 12.6 Å². The second-order valence-electron chi connectivity index (χ2n) is 5.09. The van der Waals surface area contributed by atoms with Crippen LogP contribution in [-0.2, 0) is 4.74 Å². The number of nitrogens with zero attached hydrogens (tertiary/aromatic N) is 1. The molecule has 2 atom stereocenters. The summed E-state index contributed by atoms with van der Waals surface area (Å²) in [6.45, 7) is 5.51. The molecule has 3 nitrogen and oxygen atoms in total. The summed E-state index contributed by atoms with van der Waals surface area (Å²) >= 11 is 0. The van der Waals surface area contributed by atoms with Crippen molar-refractivity contribution < 1.29 is 4.74 Å². The molecular weight excluding hydrogens is 200 g/mol. The third-order valence-corrected chi connectivity index (χ3v) is 3.29. The van der Waals surface area contributed by atoms with E-state index in [2.05, 4.69) is 31.2 Å². The van der Waals surface area contributed by atoms with E-state index in [1.807, 2.05) is 0 Å². The van der Waals surface area contributed by atoms with Crippen LogP contribution < -0.4 is 5.32 Å². The molecular formula is C13H28N2O. The molecule has 1 heterocycles. The van der Waals surface area contributed by atoms with Crippen molar-refractivity contribution in [3.63, 3.8) is 0 Å². The van der Waals surface area contributed by atoms with E-state index >= 15 is 0 Å². The summed E-state index contributed by atoms with van der Waals surface area (Å²) in [5.41, 5.74) is 0. The first-order valence-corrected chi connectivity index (χ1v) is 6.72. The van der Waals surface area contributed by atoms with E-state index in [0.717, 1.165) is 19.6 Å². The van der Waals surface area contributed by atoms with Crippen LogP contribution in [0.5, 0.6) is 0 Å². The Kier molecular flexibility index (Phi) is 7.01. The Morgan fingerprint density at radius 3 is 2.81 bits per heavy atom. The minimum Gasteiger partial charge on any atom is -0.378 e. The van der Waals surface area contributed by atoms with Crippen molar-refractivity contribution in [2.75, 3.05) is 33.8 Å². The normalized spacial score (nSPS) is 26.2. The van der Waals surface area contributed by atoms with Gasteiger partial charge in [0.15, 0.2) is 0 Å². The molecule has 3 heteroatoms. The third-order valence-electron chi connectivity index (χ3n) is 3.29. The van der Waals surface area contributed by atoms with Gasteiger partial charge < -0.3 is 15.0 Å². The number of ether oxygens (including phenoxy) is 1. The number of rotatable bonds is 7. The molecule has 0 aromatic rings. The van der Waals surface area contributed by atoms with Gasteiger partial charge in [-0.25, -0.2) is 0 Å². The summed E-state index contributed by atoms with van der Waals surface area (Å²) in [5.74, 6) is 0. The quantitative estimate of drug-likeness (QED) is 0.673. The minimum absolute atomic E-state index is 0.494. The Bertz CT molecular complexity index is 173. The monoisotopic (exact) mass is 228 g/mol. The van der Waals surface area contributed by atoms with E-state index in [1.54, 1.807) is 0 Å². The number of nitrogens with one attached hydrogen (secondary N) is 1. The summed E-state index contributed by atoms with van der Waals surface area (Å²) in [4.78, 5) is 2.25. The largest absolute Gasteiger partial charge is 0.378 e. The van der Waals surface area contributed by atoms with Crippen LogP contribution >= 0.6 is 0 Å². The second kappa shape index (κ2) is 8.04. The van der Waals surface area contributed by atoms with Gasteiger partial charge >= 0.3 is 0 Å². The third kappa shape index (κ3) is 5.83. The zero-order valence-corrected chi connectivity index (χ0v) is 11.2. The van der Waals surface area contributed by atoms with E-state index in [4.69, 9.17) is 4.74 Å². The molecule has 16 heavy (non-hydrogen) atoms. The van der Waals surface area contributed by atoms with Crippen molar-refractivity contribution in [3.05, 3.63) is 0 Å². The Morgan fingerprint density at radius 1 is 1.31 bits per heavy atom. The van der Waals surface area contributed by atoms with Crippen LogP contribution in [0.2, 0.25) is 0 Å². The highest BCUT2D eigenvalue weighted by Crippen LogP contribution is 2.16. The lowest BCUT2D eigenvalue weighted by Crippen LogP contribution is -2.39. The van der Waals surface area contributed by atoms with Gasteiger partial charge in [-0.05, 0) is 59.3 Å². The van der Waals surface area contributed by atoms with Crippen LogP contribution in [0.4, 0.5) is 0 Å². The van der Waals surface area contributed by atoms with E-state index in [0.29, 0.717) is 12.1 Å².